The smallest absolute Gasteiger partial charge is 0.319 e. The fourth-order valence-corrected chi connectivity index (χ4v) is 3.83. The normalized spacial score (nSPS) is 22.2. The van der Waals surface area contributed by atoms with Crippen molar-refractivity contribution in [3.8, 4) is 0 Å². The zero-order chi connectivity index (χ0) is 14.8. The number of nitrogens with one attached hydrogen (secondary N) is 2. The van der Waals surface area contributed by atoms with Gasteiger partial charge >= 0.3 is 6.03 Å². The molecular formula is C13H19N3O3S. The van der Waals surface area contributed by atoms with E-state index in [1.54, 1.807) is 12.1 Å². The Morgan fingerprint density at radius 2 is 2.20 bits per heavy atom. The van der Waals surface area contributed by atoms with Crippen molar-refractivity contribution in [1.29, 1.82) is 0 Å². The highest BCUT2D eigenvalue weighted by molar-refractivity contribution is 7.91. The van der Waals surface area contributed by atoms with Crippen molar-refractivity contribution >= 4 is 21.6 Å². The van der Waals surface area contributed by atoms with Gasteiger partial charge in [-0.2, -0.15) is 0 Å². The molecule has 4 N–H and O–H groups in total. The van der Waals surface area contributed by atoms with Crippen molar-refractivity contribution in [2.45, 2.75) is 25.4 Å². The SMILES string of the molecule is CC(N)c1cccc(NC(=O)NC2CCS(=O)(=O)C2)c1. The van der Waals surface area contributed by atoms with Gasteiger partial charge in [-0.1, -0.05) is 12.1 Å². The van der Waals surface area contributed by atoms with Crippen LogP contribution in [0.2, 0.25) is 0 Å². The van der Waals surface area contributed by atoms with Crippen LogP contribution in [0.4, 0.5) is 10.5 Å². The molecule has 0 bridgehead atoms. The van der Waals surface area contributed by atoms with Crippen LogP contribution in [0.5, 0.6) is 0 Å². The zero-order valence-electron chi connectivity index (χ0n) is 11.3. The Balaban J connectivity index is 1.93. The van der Waals surface area contributed by atoms with Gasteiger partial charge in [-0.15, -0.1) is 0 Å². The summed E-state index contributed by atoms with van der Waals surface area (Å²) < 4.78 is 22.6. The summed E-state index contributed by atoms with van der Waals surface area (Å²) in [6.07, 6.45) is 0.468. The van der Waals surface area contributed by atoms with E-state index in [1.807, 2.05) is 19.1 Å². The van der Waals surface area contributed by atoms with E-state index in [9.17, 15) is 13.2 Å². The van der Waals surface area contributed by atoms with Crippen molar-refractivity contribution in [3.05, 3.63) is 29.8 Å². The average Bonchev–Trinajstić information content (AvgIpc) is 2.68. The molecule has 1 fully saturated rings. The number of rotatable bonds is 3. The molecule has 1 saturated heterocycles. The topological polar surface area (TPSA) is 101 Å². The van der Waals surface area contributed by atoms with Crippen molar-refractivity contribution in [2.24, 2.45) is 5.73 Å². The first kappa shape index (κ1) is 14.8. The van der Waals surface area contributed by atoms with Crippen LogP contribution in [-0.4, -0.2) is 32.0 Å². The number of hydrogen-bond acceptors (Lipinski definition) is 4. The summed E-state index contributed by atoms with van der Waals surface area (Å²) >= 11 is 0. The molecular weight excluding hydrogens is 278 g/mol. The van der Waals surface area contributed by atoms with E-state index < -0.39 is 15.9 Å². The number of anilines is 1. The Kier molecular flexibility index (Phi) is 4.29. The Hall–Kier alpha value is -1.60. The van der Waals surface area contributed by atoms with E-state index in [4.69, 9.17) is 5.73 Å². The molecule has 0 aromatic heterocycles. The number of carbonyl (C=O) groups is 1. The minimum Gasteiger partial charge on any atom is -0.334 e. The predicted molar refractivity (Wildman–Crippen MR) is 78.3 cm³/mol. The van der Waals surface area contributed by atoms with Crippen LogP contribution >= 0.6 is 0 Å². The third kappa shape index (κ3) is 3.94. The minimum atomic E-state index is -2.99. The summed E-state index contributed by atoms with van der Waals surface area (Å²) in [5.41, 5.74) is 7.34. The van der Waals surface area contributed by atoms with Crippen LogP contribution in [-0.2, 0) is 9.84 Å². The molecule has 2 amide bonds. The van der Waals surface area contributed by atoms with Gasteiger partial charge in [0.2, 0.25) is 0 Å². The molecule has 1 aromatic rings. The monoisotopic (exact) mass is 297 g/mol. The maximum Gasteiger partial charge on any atom is 0.319 e. The van der Waals surface area contributed by atoms with E-state index in [0.29, 0.717) is 12.1 Å². The van der Waals surface area contributed by atoms with Crippen LogP contribution in [0.1, 0.15) is 24.9 Å². The first-order valence-electron chi connectivity index (χ1n) is 6.49. The Labute approximate surface area is 118 Å². The fourth-order valence-electron chi connectivity index (χ4n) is 2.16. The van der Waals surface area contributed by atoms with Gasteiger partial charge < -0.3 is 16.4 Å². The molecule has 1 aliphatic rings. The summed E-state index contributed by atoms with van der Waals surface area (Å²) in [6.45, 7) is 1.86. The van der Waals surface area contributed by atoms with Gasteiger partial charge in [0.25, 0.3) is 0 Å². The summed E-state index contributed by atoms with van der Waals surface area (Å²) in [6, 6.07) is 6.45. The van der Waals surface area contributed by atoms with Gasteiger partial charge in [0.1, 0.15) is 0 Å². The van der Waals surface area contributed by atoms with Crippen LogP contribution in [0.3, 0.4) is 0 Å². The number of sulfone groups is 1. The predicted octanol–water partition coefficient (Wildman–Crippen LogP) is 1.01. The number of urea groups is 1. The quantitative estimate of drug-likeness (QED) is 0.775. The molecule has 2 rings (SSSR count). The number of amides is 2. The lowest BCUT2D eigenvalue weighted by molar-refractivity contribution is 0.249. The average molecular weight is 297 g/mol. The van der Waals surface area contributed by atoms with Crippen LogP contribution < -0.4 is 16.4 Å². The molecule has 6 nitrogen and oxygen atoms in total. The lowest BCUT2D eigenvalue weighted by atomic mass is 10.1. The van der Waals surface area contributed by atoms with Crippen LogP contribution in [0.25, 0.3) is 0 Å². The molecule has 0 radical (unpaired) electrons. The van der Waals surface area contributed by atoms with E-state index in [2.05, 4.69) is 10.6 Å². The van der Waals surface area contributed by atoms with Gasteiger partial charge in [-0.25, -0.2) is 13.2 Å². The third-order valence-electron chi connectivity index (χ3n) is 3.24. The number of carbonyl (C=O) groups excluding carboxylic acids is 1. The second-order valence-corrected chi connectivity index (χ2v) is 7.34. The summed E-state index contributed by atoms with van der Waals surface area (Å²) in [5, 5.41) is 5.36. The van der Waals surface area contributed by atoms with Crippen molar-refractivity contribution in [3.63, 3.8) is 0 Å². The molecule has 7 heteroatoms. The first-order valence-corrected chi connectivity index (χ1v) is 8.31. The third-order valence-corrected chi connectivity index (χ3v) is 5.01. The molecule has 2 unspecified atom stereocenters. The number of hydrogen-bond donors (Lipinski definition) is 3. The van der Waals surface area contributed by atoms with Gasteiger partial charge in [0, 0.05) is 17.8 Å². The molecule has 110 valence electrons. The highest BCUT2D eigenvalue weighted by atomic mass is 32.2. The second kappa shape index (κ2) is 5.80. The fraction of sp³-hybridized carbons (Fsp3) is 0.462. The first-order chi connectivity index (χ1) is 9.35. The maximum absolute atomic E-state index is 11.8. The lowest BCUT2D eigenvalue weighted by Gasteiger charge is -2.13. The molecule has 0 spiro atoms. The Bertz CT molecular complexity index is 599. The standard InChI is InChI=1S/C13H19N3O3S/c1-9(14)10-3-2-4-11(7-10)15-13(17)16-12-5-6-20(18,19)8-12/h2-4,7,9,12H,5-6,8,14H2,1H3,(H2,15,16,17). The summed E-state index contributed by atoms with van der Waals surface area (Å²) in [4.78, 5) is 11.8. The minimum absolute atomic E-state index is 0.0142. The molecule has 1 heterocycles. The highest BCUT2D eigenvalue weighted by Crippen LogP contribution is 2.16. The number of nitrogens with two attached hydrogens (primary N) is 1. The number of benzene rings is 1. The van der Waals surface area contributed by atoms with Crippen molar-refractivity contribution in [1.82, 2.24) is 5.32 Å². The summed E-state index contributed by atoms with van der Waals surface area (Å²) in [7, 11) is -2.99. The van der Waals surface area contributed by atoms with E-state index in [0.717, 1.165) is 5.56 Å². The molecule has 1 aliphatic heterocycles. The molecule has 0 aliphatic carbocycles. The molecule has 1 aromatic carbocycles. The van der Waals surface area contributed by atoms with Gasteiger partial charge in [0.15, 0.2) is 9.84 Å². The van der Waals surface area contributed by atoms with Gasteiger partial charge in [-0.05, 0) is 31.0 Å². The largest absolute Gasteiger partial charge is 0.334 e. The second-order valence-electron chi connectivity index (χ2n) is 5.11. The molecule has 20 heavy (non-hydrogen) atoms. The van der Waals surface area contributed by atoms with E-state index in [1.165, 1.54) is 0 Å². The van der Waals surface area contributed by atoms with Crippen molar-refractivity contribution < 1.29 is 13.2 Å². The van der Waals surface area contributed by atoms with Crippen LogP contribution in [0.15, 0.2) is 24.3 Å². The molecule has 0 saturated carbocycles. The zero-order valence-corrected chi connectivity index (χ0v) is 12.1. The van der Waals surface area contributed by atoms with E-state index >= 15 is 0 Å². The van der Waals surface area contributed by atoms with Crippen molar-refractivity contribution in [2.75, 3.05) is 16.8 Å². The van der Waals surface area contributed by atoms with Crippen LogP contribution in [0, 0.1) is 0 Å². The lowest BCUT2D eigenvalue weighted by Crippen LogP contribution is -2.38. The maximum atomic E-state index is 11.8. The van der Waals surface area contributed by atoms with Gasteiger partial charge in [-0.3, -0.25) is 0 Å². The summed E-state index contributed by atoms with van der Waals surface area (Å²) in [5.74, 6) is 0.151. The van der Waals surface area contributed by atoms with Gasteiger partial charge in [0.05, 0.1) is 11.5 Å². The Morgan fingerprint density at radius 3 is 2.80 bits per heavy atom. The highest BCUT2D eigenvalue weighted by Gasteiger charge is 2.28. The molecule has 2 atom stereocenters. The van der Waals surface area contributed by atoms with E-state index in [-0.39, 0.29) is 23.6 Å². The Morgan fingerprint density at radius 1 is 1.45 bits per heavy atom.